The molecule has 1 N–H and O–H groups in total. The molecular weight excluding hydrogens is 182 g/mol. The molecule has 1 saturated heterocycles. The molecule has 2 aliphatic rings. The van der Waals surface area contributed by atoms with Crippen LogP contribution in [0.2, 0.25) is 0 Å². The molecule has 1 fully saturated rings. The lowest BCUT2D eigenvalue weighted by Crippen LogP contribution is -2.14. The first-order chi connectivity index (χ1) is 7.34. The maximum atomic E-state index is 3.60. The summed E-state index contributed by atoms with van der Waals surface area (Å²) in [5.74, 6) is 0. The van der Waals surface area contributed by atoms with Gasteiger partial charge in [0.25, 0.3) is 0 Å². The standard InChI is InChI=1S/C14H19N/c1-10-8-11-4-2-5-12(11)9-13(10)14-6-3-7-15-14/h8-9,14-15H,2-7H2,1H3/t14-/m1/s1. The molecule has 1 heterocycles. The third kappa shape index (κ3) is 1.59. The van der Waals surface area contributed by atoms with Crippen LogP contribution in [0.15, 0.2) is 12.1 Å². The average Bonchev–Trinajstić information content (AvgIpc) is 2.85. The Balaban J connectivity index is 2.00. The van der Waals surface area contributed by atoms with Gasteiger partial charge < -0.3 is 5.32 Å². The Morgan fingerprint density at radius 1 is 1.13 bits per heavy atom. The van der Waals surface area contributed by atoms with Gasteiger partial charge in [-0.2, -0.15) is 0 Å². The van der Waals surface area contributed by atoms with E-state index in [0.29, 0.717) is 6.04 Å². The molecule has 0 bridgehead atoms. The fourth-order valence-corrected chi connectivity index (χ4v) is 3.09. The Labute approximate surface area is 91.9 Å². The first-order valence-electron chi connectivity index (χ1n) is 6.20. The fourth-order valence-electron chi connectivity index (χ4n) is 3.09. The van der Waals surface area contributed by atoms with Crippen LogP contribution in [-0.4, -0.2) is 6.54 Å². The number of benzene rings is 1. The van der Waals surface area contributed by atoms with Gasteiger partial charge in [0.1, 0.15) is 0 Å². The molecule has 1 aliphatic heterocycles. The van der Waals surface area contributed by atoms with Gasteiger partial charge in [-0.25, -0.2) is 0 Å². The van der Waals surface area contributed by atoms with Gasteiger partial charge in [0.05, 0.1) is 0 Å². The van der Waals surface area contributed by atoms with E-state index in [-0.39, 0.29) is 0 Å². The van der Waals surface area contributed by atoms with Crippen LogP contribution in [-0.2, 0) is 12.8 Å². The molecule has 0 spiro atoms. The Hall–Kier alpha value is -0.820. The van der Waals surface area contributed by atoms with E-state index in [1.54, 1.807) is 16.7 Å². The second kappa shape index (κ2) is 3.64. The van der Waals surface area contributed by atoms with Gasteiger partial charge in [0.15, 0.2) is 0 Å². The van der Waals surface area contributed by atoms with Crippen molar-refractivity contribution in [2.24, 2.45) is 0 Å². The van der Waals surface area contributed by atoms with Crippen molar-refractivity contribution in [3.05, 3.63) is 34.4 Å². The minimum Gasteiger partial charge on any atom is -0.310 e. The van der Waals surface area contributed by atoms with Crippen molar-refractivity contribution in [2.75, 3.05) is 6.54 Å². The molecule has 1 atom stereocenters. The monoisotopic (exact) mass is 201 g/mol. The predicted octanol–water partition coefficient (Wildman–Crippen LogP) is 2.91. The lowest BCUT2D eigenvalue weighted by Gasteiger charge is -2.15. The SMILES string of the molecule is Cc1cc2c(cc1[C@H]1CCCN1)CCC2. The molecule has 1 aromatic rings. The van der Waals surface area contributed by atoms with Gasteiger partial charge in [0, 0.05) is 6.04 Å². The summed E-state index contributed by atoms with van der Waals surface area (Å²) in [6.45, 7) is 3.47. The van der Waals surface area contributed by atoms with E-state index in [4.69, 9.17) is 0 Å². The highest BCUT2D eigenvalue weighted by Gasteiger charge is 2.20. The van der Waals surface area contributed by atoms with Crippen molar-refractivity contribution in [1.82, 2.24) is 5.32 Å². The molecule has 0 radical (unpaired) electrons. The molecule has 1 aromatic carbocycles. The highest BCUT2D eigenvalue weighted by molar-refractivity contribution is 5.42. The molecule has 0 amide bonds. The maximum absolute atomic E-state index is 3.60. The van der Waals surface area contributed by atoms with Crippen LogP contribution in [0.25, 0.3) is 0 Å². The van der Waals surface area contributed by atoms with Crippen molar-refractivity contribution in [1.29, 1.82) is 0 Å². The van der Waals surface area contributed by atoms with Crippen molar-refractivity contribution in [2.45, 2.75) is 45.1 Å². The van der Waals surface area contributed by atoms with Crippen molar-refractivity contribution in [3.63, 3.8) is 0 Å². The molecular formula is C14H19N. The normalized spacial score (nSPS) is 24.5. The Kier molecular flexibility index (Phi) is 2.28. The Morgan fingerprint density at radius 2 is 1.93 bits per heavy atom. The zero-order valence-electron chi connectivity index (χ0n) is 9.47. The molecule has 0 saturated carbocycles. The molecule has 0 aromatic heterocycles. The molecule has 3 rings (SSSR count). The van der Waals surface area contributed by atoms with Crippen LogP contribution in [0.1, 0.15) is 47.6 Å². The molecule has 1 heteroatoms. The summed E-state index contributed by atoms with van der Waals surface area (Å²) in [6, 6.07) is 5.54. The second-order valence-corrected chi connectivity index (χ2v) is 4.98. The van der Waals surface area contributed by atoms with Crippen LogP contribution in [0.5, 0.6) is 0 Å². The number of nitrogens with one attached hydrogen (secondary N) is 1. The summed E-state index contributed by atoms with van der Waals surface area (Å²) >= 11 is 0. The number of hydrogen-bond acceptors (Lipinski definition) is 1. The third-order valence-electron chi connectivity index (χ3n) is 3.92. The van der Waals surface area contributed by atoms with Crippen LogP contribution < -0.4 is 5.32 Å². The van der Waals surface area contributed by atoms with Crippen LogP contribution in [0.4, 0.5) is 0 Å². The lowest BCUT2D eigenvalue weighted by molar-refractivity contribution is 0.643. The van der Waals surface area contributed by atoms with E-state index in [1.165, 1.54) is 44.2 Å². The summed E-state index contributed by atoms with van der Waals surface area (Å²) in [7, 11) is 0. The van der Waals surface area contributed by atoms with Crippen LogP contribution in [0.3, 0.4) is 0 Å². The van der Waals surface area contributed by atoms with Gasteiger partial charge in [-0.1, -0.05) is 12.1 Å². The van der Waals surface area contributed by atoms with Gasteiger partial charge in [-0.05, 0) is 67.8 Å². The highest BCUT2D eigenvalue weighted by atomic mass is 14.9. The largest absolute Gasteiger partial charge is 0.310 e. The number of fused-ring (bicyclic) bond motifs is 1. The number of rotatable bonds is 1. The Morgan fingerprint density at radius 3 is 2.67 bits per heavy atom. The van der Waals surface area contributed by atoms with E-state index in [1.807, 2.05) is 0 Å². The predicted molar refractivity (Wildman–Crippen MR) is 63.2 cm³/mol. The molecule has 15 heavy (non-hydrogen) atoms. The third-order valence-corrected chi connectivity index (χ3v) is 3.92. The quantitative estimate of drug-likeness (QED) is 0.736. The summed E-state index contributed by atoms with van der Waals surface area (Å²) in [5.41, 5.74) is 6.28. The molecule has 1 aliphatic carbocycles. The lowest BCUT2D eigenvalue weighted by atomic mass is 9.95. The Bertz CT molecular complexity index is 375. The van der Waals surface area contributed by atoms with Crippen molar-refractivity contribution >= 4 is 0 Å². The molecule has 1 nitrogen and oxygen atoms in total. The fraction of sp³-hybridized carbons (Fsp3) is 0.571. The summed E-state index contributed by atoms with van der Waals surface area (Å²) in [5, 5.41) is 3.60. The van der Waals surface area contributed by atoms with Gasteiger partial charge in [-0.15, -0.1) is 0 Å². The minimum atomic E-state index is 0.635. The second-order valence-electron chi connectivity index (χ2n) is 4.98. The van der Waals surface area contributed by atoms with E-state index < -0.39 is 0 Å². The zero-order chi connectivity index (χ0) is 10.3. The van der Waals surface area contributed by atoms with E-state index >= 15 is 0 Å². The van der Waals surface area contributed by atoms with E-state index in [2.05, 4.69) is 24.4 Å². The van der Waals surface area contributed by atoms with Gasteiger partial charge in [-0.3, -0.25) is 0 Å². The van der Waals surface area contributed by atoms with E-state index in [0.717, 1.165) is 0 Å². The first kappa shape index (κ1) is 9.41. The minimum absolute atomic E-state index is 0.635. The first-order valence-corrected chi connectivity index (χ1v) is 6.20. The highest BCUT2D eigenvalue weighted by Crippen LogP contribution is 2.31. The number of aryl methyl sites for hydroxylation is 3. The maximum Gasteiger partial charge on any atom is 0.0323 e. The average molecular weight is 201 g/mol. The van der Waals surface area contributed by atoms with Crippen LogP contribution >= 0.6 is 0 Å². The van der Waals surface area contributed by atoms with Gasteiger partial charge >= 0.3 is 0 Å². The van der Waals surface area contributed by atoms with Crippen molar-refractivity contribution in [3.8, 4) is 0 Å². The molecule has 80 valence electrons. The van der Waals surface area contributed by atoms with Gasteiger partial charge in [0.2, 0.25) is 0 Å². The summed E-state index contributed by atoms with van der Waals surface area (Å²) in [6.07, 6.45) is 6.61. The molecule has 0 unspecified atom stereocenters. The summed E-state index contributed by atoms with van der Waals surface area (Å²) < 4.78 is 0. The summed E-state index contributed by atoms with van der Waals surface area (Å²) in [4.78, 5) is 0. The van der Waals surface area contributed by atoms with E-state index in [9.17, 15) is 0 Å². The zero-order valence-corrected chi connectivity index (χ0v) is 9.47. The number of hydrogen-bond donors (Lipinski definition) is 1. The topological polar surface area (TPSA) is 12.0 Å². The smallest absolute Gasteiger partial charge is 0.0323 e. The van der Waals surface area contributed by atoms with Crippen LogP contribution in [0, 0.1) is 6.92 Å². The van der Waals surface area contributed by atoms with Crippen molar-refractivity contribution < 1.29 is 0 Å².